The molecule has 2 rings (SSSR count). The maximum Gasteiger partial charge on any atom is 0.337 e. The standard InChI is InChI=1S/C11H11N3O2S/c15-11(16)9-2-3-12-5-10(9)13-4-1-8-6-17-7-14-8/h2-3,5-7,13H,1,4H2,(H,15,16). The summed E-state index contributed by atoms with van der Waals surface area (Å²) in [6, 6.07) is 1.48. The van der Waals surface area contributed by atoms with Crippen molar-refractivity contribution in [1.82, 2.24) is 9.97 Å². The first-order chi connectivity index (χ1) is 8.27. The van der Waals surface area contributed by atoms with Gasteiger partial charge in [0.15, 0.2) is 0 Å². The van der Waals surface area contributed by atoms with Gasteiger partial charge in [0.2, 0.25) is 0 Å². The summed E-state index contributed by atoms with van der Waals surface area (Å²) in [5, 5.41) is 14.0. The van der Waals surface area contributed by atoms with Crippen LogP contribution in [0.5, 0.6) is 0 Å². The van der Waals surface area contributed by atoms with Crippen LogP contribution in [0.25, 0.3) is 0 Å². The molecule has 0 saturated carbocycles. The largest absolute Gasteiger partial charge is 0.478 e. The number of hydrogen-bond donors (Lipinski definition) is 2. The molecule has 0 aliphatic heterocycles. The molecule has 0 aliphatic rings. The van der Waals surface area contributed by atoms with E-state index >= 15 is 0 Å². The highest BCUT2D eigenvalue weighted by Crippen LogP contribution is 2.13. The number of pyridine rings is 1. The van der Waals surface area contributed by atoms with Gasteiger partial charge in [-0.1, -0.05) is 0 Å². The third-order valence-electron chi connectivity index (χ3n) is 2.23. The molecule has 2 heterocycles. The first-order valence-corrected chi connectivity index (χ1v) is 6.00. The van der Waals surface area contributed by atoms with Crippen LogP contribution in [0, 0.1) is 0 Å². The van der Waals surface area contributed by atoms with Gasteiger partial charge in [-0.3, -0.25) is 4.98 Å². The molecule has 0 bridgehead atoms. The molecule has 0 spiro atoms. The van der Waals surface area contributed by atoms with Crippen molar-refractivity contribution in [2.75, 3.05) is 11.9 Å². The lowest BCUT2D eigenvalue weighted by Crippen LogP contribution is -2.09. The fourth-order valence-electron chi connectivity index (χ4n) is 1.41. The SMILES string of the molecule is O=C(O)c1ccncc1NCCc1cscn1. The highest BCUT2D eigenvalue weighted by molar-refractivity contribution is 7.07. The minimum atomic E-state index is -0.955. The Bertz CT molecular complexity index is 499. The van der Waals surface area contributed by atoms with Crippen LogP contribution in [0.2, 0.25) is 0 Å². The van der Waals surface area contributed by atoms with Gasteiger partial charge in [-0.05, 0) is 6.07 Å². The van der Waals surface area contributed by atoms with Gasteiger partial charge >= 0.3 is 5.97 Å². The van der Waals surface area contributed by atoms with Gasteiger partial charge in [0.05, 0.1) is 28.7 Å². The van der Waals surface area contributed by atoms with Gasteiger partial charge in [-0.2, -0.15) is 0 Å². The molecule has 5 nitrogen and oxygen atoms in total. The number of aromatic carboxylic acids is 1. The molecule has 0 fully saturated rings. The predicted octanol–water partition coefficient (Wildman–Crippen LogP) is 1.89. The van der Waals surface area contributed by atoms with Gasteiger partial charge in [0.1, 0.15) is 0 Å². The van der Waals surface area contributed by atoms with E-state index in [9.17, 15) is 4.79 Å². The van der Waals surface area contributed by atoms with E-state index in [0.29, 0.717) is 12.2 Å². The summed E-state index contributed by atoms with van der Waals surface area (Å²) in [5.41, 5.74) is 3.55. The van der Waals surface area contributed by atoms with Crippen molar-refractivity contribution in [2.24, 2.45) is 0 Å². The number of hydrogen-bond acceptors (Lipinski definition) is 5. The summed E-state index contributed by atoms with van der Waals surface area (Å²) in [6.07, 6.45) is 3.75. The van der Waals surface area contributed by atoms with Gasteiger partial charge in [0.25, 0.3) is 0 Å². The Balaban J connectivity index is 1.97. The number of nitrogens with one attached hydrogen (secondary N) is 1. The minimum absolute atomic E-state index is 0.235. The molecule has 2 aromatic rings. The van der Waals surface area contributed by atoms with Crippen LogP contribution in [0.4, 0.5) is 5.69 Å². The Labute approximate surface area is 102 Å². The maximum absolute atomic E-state index is 10.9. The number of anilines is 1. The van der Waals surface area contributed by atoms with Crippen LogP contribution in [0.3, 0.4) is 0 Å². The van der Waals surface area contributed by atoms with Crippen molar-refractivity contribution in [3.8, 4) is 0 Å². The first kappa shape index (κ1) is 11.5. The molecule has 0 aliphatic carbocycles. The zero-order valence-electron chi connectivity index (χ0n) is 8.96. The average Bonchev–Trinajstić information content (AvgIpc) is 2.82. The number of carboxylic acids is 1. The second-order valence-corrected chi connectivity index (χ2v) is 4.10. The van der Waals surface area contributed by atoms with Crippen LogP contribution in [0.15, 0.2) is 29.4 Å². The first-order valence-electron chi connectivity index (χ1n) is 5.05. The van der Waals surface area contributed by atoms with E-state index in [4.69, 9.17) is 5.11 Å². The van der Waals surface area contributed by atoms with Crippen LogP contribution in [-0.4, -0.2) is 27.6 Å². The quantitative estimate of drug-likeness (QED) is 0.846. The van der Waals surface area contributed by atoms with E-state index < -0.39 is 5.97 Å². The maximum atomic E-state index is 10.9. The lowest BCUT2D eigenvalue weighted by Gasteiger charge is -2.07. The van der Waals surface area contributed by atoms with Crippen LogP contribution >= 0.6 is 11.3 Å². The average molecular weight is 249 g/mol. The Morgan fingerprint density at radius 2 is 2.41 bits per heavy atom. The number of carboxylic acid groups (broad SMARTS) is 1. The van der Waals surface area contributed by atoms with Crippen molar-refractivity contribution in [3.63, 3.8) is 0 Å². The van der Waals surface area contributed by atoms with Crippen molar-refractivity contribution in [1.29, 1.82) is 0 Å². The van der Waals surface area contributed by atoms with E-state index in [1.54, 1.807) is 16.8 Å². The van der Waals surface area contributed by atoms with E-state index in [-0.39, 0.29) is 5.56 Å². The lowest BCUT2D eigenvalue weighted by atomic mass is 10.2. The summed E-state index contributed by atoms with van der Waals surface area (Å²) in [7, 11) is 0. The predicted molar refractivity (Wildman–Crippen MR) is 65.5 cm³/mol. The molecule has 6 heteroatoms. The van der Waals surface area contributed by atoms with E-state index in [1.165, 1.54) is 18.5 Å². The molecular formula is C11H11N3O2S. The van der Waals surface area contributed by atoms with Crippen molar-refractivity contribution in [3.05, 3.63) is 40.6 Å². The highest BCUT2D eigenvalue weighted by atomic mass is 32.1. The topological polar surface area (TPSA) is 75.1 Å². The number of rotatable bonds is 5. The normalized spacial score (nSPS) is 10.1. The zero-order valence-corrected chi connectivity index (χ0v) is 9.78. The van der Waals surface area contributed by atoms with Crippen molar-refractivity contribution >= 4 is 23.0 Å². The zero-order chi connectivity index (χ0) is 12.1. The number of nitrogens with zero attached hydrogens (tertiary/aromatic N) is 2. The number of thiazole rings is 1. The smallest absolute Gasteiger partial charge is 0.337 e. The Morgan fingerprint density at radius 1 is 1.53 bits per heavy atom. The summed E-state index contributed by atoms with van der Waals surface area (Å²) in [4.78, 5) is 19.0. The van der Waals surface area contributed by atoms with Gasteiger partial charge < -0.3 is 10.4 Å². The fraction of sp³-hybridized carbons (Fsp3) is 0.182. The van der Waals surface area contributed by atoms with Gasteiger partial charge in [-0.25, -0.2) is 9.78 Å². The minimum Gasteiger partial charge on any atom is -0.478 e. The molecule has 0 radical (unpaired) electrons. The molecule has 0 atom stereocenters. The Hall–Kier alpha value is -1.95. The summed E-state index contributed by atoms with van der Waals surface area (Å²) < 4.78 is 0. The second-order valence-electron chi connectivity index (χ2n) is 3.38. The molecular weight excluding hydrogens is 238 g/mol. The summed E-state index contributed by atoms with van der Waals surface area (Å²) >= 11 is 1.55. The van der Waals surface area contributed by atoms with Crippen LogP contribution in [-0.2, 0) is 6.42 Å². The van der Waals surface area contributed by atoms with Gasteiger partial charge in [-0.15, -0.1) is 11.3 Å². The Morgan fingerprint density at radius 3 is 3.12 bits per heavy atom. The molecule has 0 saturated heterocycles. The third kappa shape index (κ3) is 3.01. The van der Waals surface area contributed by atoms with E-state index in [1.807, 2.05) is 5.38 Å². The molecule has 2 N–H and O–H groups in total. The molecule has 0 aromatic carbocycles. The Kier molecular flexibility index (Phi) is 3.66. The van der Waals surface area contributed by atoms with E-state index in [0.717, 1.165) is 12.1 Å². The molecule has 2 aromatic heterocycles. The molecule has 0 unspecified atom stereocenters. The number of aromatic nitrogens is 2. The third-order valence-corrected chi connectivity index (χ3v) is 2.87. The summed E-state index contributed by atoms with van der Waals surface area (Å²) in [6.45, 7) is 0.635. The van der Waals surface area contributed by atoms with Crippen LogP contribution in [0.1, 0.15) is 16.1 Å². The second kappa shape index (κ2) is 5.40. The fourth-order valence-corrected chi connectivity index (χ4v) is 2.00. The molecule has 0 amide bonds. The van der Waals surface area contributed by atoms with Crippen molar-refractivity contribution in [2.45, 2.75) is 6.42 Å². The van der Waals surface area contributed by atoms with Gasteiger partial charge in [0, 0.05) is 24.5 Å². The van der Waals surface area contributed by atoms with Crippen molar-refractivity contribution < 1.29 is 9.90 Å². The van der Waals surface area contributed by atoms with Crippen LogP contribution < -0.4 is 5.32 Å². The molecule has 17 heavy (non-hydrogen) atoms. The number of carbonyl (C=O) groups is 1. The lowest BCUT2D eigenvalue weighted by molar-refractivity contribution is 0.0698. The molecule has 88 valence electrons. The highest BCUT2D eigenvalue weighted by Gasteiger charge is 2.08. The monoisotopic (exact) mass is 249 g/mol. The summed E-state index contributed by atoms with van der Waals surface area (Å²) in [5.74, 6) is -0.955. The van der Waals surface area contributed by atoms with E-state index in [2.05, 4.69) is 15.3 Å².